The van der Waals surface area contributed by atoms with Crippen LogP contribution in [0.1, 0.15) is 17.5 Å². The van der Waals surface area contributed by atoms with Crippen LogP contribution in [0, 0.1) is 5.92 Å². The van der Waals surface area contributed by atoms with Gasteiger partial charge >= 0.3 is 5.97 Å². The van der Waals surface area contributed by atoms with E-state index in [1.807, 2.05) is 54.6 Å². The lowest BCUT2D eigenvalue weighted by Crippen LogP contribution is -2.25. The third kappa shape index (κ3) is 3.93. The molecule has 0 aromatic heterocycles. The number of likely N-dealkylation sites (tertiary alicyclic amines) is 1. The van der Waals surface area contributed by atoms with Crippen LogP contribution in [0.2, 0.25) is 0 Å². The zero-order chi connectivity index (χ0) is 16.9. The monoisotopic (exact) mass is 325 g/mol. The molecule has 2 aromatic rings. The van der Waals surface area contributed by atoms with Crippen molar-refractivity contribution in [3.63, 3.8) is 0 Å². The molecule has 5 nitrogen and oxygen atoms in total. The molecule has 124 valence electrons. The van der Waals surface area contributed by atoms with Crippen molar-refractivity contribution in [3.05, 3.63) is 65.7 Å². The fourth-order valence-corrected chi connectivity index (χ4v) is 2.74. The number of carboxylic acids is 1. The molecule has 1 atom stereocenters. The summed E-state index contributed by atoms with van der Waals surface area (Å²) >= 11 is 0. The van der Waals surface area contributed by atoms with Gasteiger partial charge in [-0.15, -0.1) is 0 Å². The highest BCUT2D eigenvalue weighted by Gasteiger charge is 2.33. The number of amides is 1. The molecule has 2 aromatic carbocycles. The van der Waals surface area contributed by atoms with Crippen molar-refractivity contribution in [2.45, 2.75) is 19.6 Å². The smallest absolute Gasteiger partial charge is 0.308 e. The Balaban J connectivity index is 1.55. The molecule has 1 amide bonds. The number of hydrogen-bond donors (Lipinski definition) is 1. The molecule has 0 aliphatic carbocycles. The van der Waals surface area contributed by atoms with Crippen LogP contribution in [0.3, 0.4) is 0 Å². The highest BCUT2D eigenvalue weighted by Crippen LogP contribution is 2.21. The Morgan fingerprint density at radius 2 is 1.79 bits per heavy atom. The van der Waals surface area contributed by atoms with E-state index in [0.29, 0.717) is 13.2 Å². The van der Waals surface area contributed by atoms with Gasteiger partial charge < -0.3 is 14.7 Å². The van der Waals surface area contributed by atoms with Gasteiger partial charge in [-0.25, -0.2) is 0 Å². The van der Waals surface area contributed by atoms with E-state index in [0.717, 1.165) is 16.9 Å². The van der Waals surface area contributed by atoms with Crippen molar-refractivity contribution < 1.29 is 19.4 Å². The Morgan fingerprint density at radius 3 is 2.42 bits per heavy atom. The highest BCUT2D eigenvalue weighted by atomic mass is 16.5. The number of rotatable bonds is 6. The Labute approximate surface area is 140 Å². The van der Waals surface area contributed by atoms with Crippen molar-refractivity contribution in [3.8, 4) is 5.75 Å². The van der Waals surface area contributed by atoms with Crippen molar-refractivity contribution in [2.75, 3.05) is 6.54 Å². The number of aliphatic carboxylic acids is 1. The summed E-state index contributed by atoms with van der Waals surface area (Å²) in [4.78, 5) is 24.4. The van der Waals surface area contributed by atoms with Gasteiger partial charge in [-0.05, 0) is 23.3 Å². The minimum absolute atomic E-state index is 0.0909. The van der Waals surface area contributed by atoms with Crippen LogP contribution in [0.5, 0.6) is 5.75 Å². The lowest BCUT2D eigenvalue weighted by molar-refractivity contribution is -0.141. The van der Waals surface area contributed by atoms with Crippen LogP contribution in [-0.4, -0.2) is 28.4 Å². The molecule has 5 heteroatoms. The third-order valence-corrected chi connectivity index (χ3v) is 4.11. The van der Waals surface area contributed by atoms with Crippen LogP contribution >= 0.6 is 0 Å². The first kappa shape index (κ1) is 16.1. The number of carbonyl (C=O) groups excluding carboxylic acids is 1. The maximum absolute atomic E-state index is 11.9. The molecule has 1 heterocycles. The molecular weight excluding hydrogens is 306 g/mol. The Morgan fingerprint density at radius 1 is 1.08 bits per heavy atom. The number of nitrogens with zero attached hydrogens (tertiary/aromatic N) is 1. The number of benzene rings is 2. The summed E-state index contributed by atoms with van der Waals surface area (Å²) in [5.41, 5.74) is 2.06. The predicted octanol–water partition coefficient (Wildman–Crippen LogP) is 2.70. The van der Waals surface area contributed by atoms with E-state index in [4.69, 9.17) is 9.84 Å². The molecule has 1 fully saturated rings. The summed E-state index contributed by atoms with van der Waals surface area (Å²) in [6.45, 7) is 1.22. The van der Waals surface area contributed by atoms with Crippen molar-refractivity contribution in [2.24, 2.45) is 5.92 Å². The fraction of sp³-hybridized carbons (Fsp3) is 0.263. The van der Waals surface area contributed by atoms with Crippen LogP contribution in [-0.2, 0) is 22.7 Å². The largest absolute Gasteiger partial charge is 0.489 e. The summed E-state index contributed by atoms with van der Waals surface area (Å²) in [7, 11) is 0. The van der Waals surface area contributed by atoms with E-state index in [1.165, 1.54) is 0 Å². The number of carbonyl (C=O) groups is 2. The zero-order valence-corrected chi connectivity index (χ0v) is 13.2. The second kappa shape index (κ2) is 7.17. The van der Waals surface area contributed by atoms with Gasteiger partial charge in [0.1, 0.15) is 12.4 Å². The standard InChI is InChI=1S/C19H19NO4/c21-18-10-16(19(22)23)12-20(18)11-14-6-8-17(9-7-14)24-13-15-4-2-1-3-5-15/h1-9,16H,10-13H2,(H,22,23). The first-order chi connectivity index (χ1) is 11.6. The van der Waals surface area contributed by atoms with Crippen molar-refractivity contribution in [1.29, 1.82) is 0 Å². The summed E-state index contributed by atoms with van der Waals surface area (Å²) in [5.74, 6) is -0.841. The first-order valence-corrected chi connectivity index (χ1v) is 7.88. The molecule has 1 aliphatic rings. The molecule has 1 unspecified atom stereocenters. The molecule has 0 radical (unpaired) electrons. The summed E-state index contributed by atoms with van der Waals surface area (Å²) in [6.07, 6.45) is 0.0909. The Bertz CT molecular complexity index is 712. The van der Waals surface area contributed by atoms with Crippen LogP contribution < -0.4 is 4.74 Å². The van der Waals surface area contributed by atoms with Crippen molar-refractivity contribution >= 4 is 11.9 Å². The number of ether oxygens (including phenoxy) is 1. The zero-order valence-electron chi connectivity index (χ0n) is 13.2. The molecule has 1 aliphatic heterocycles. The highest BCUT2D eigenvalue weighted by molar-refractivity contribution is 5.86. The maximum atomic E-state index is 11.9. The molecule has 1 N–H and O–H groups in total. The number of carboxylic acid groups (broad SMARTS) is 1. The molecular formula is C19H19NO4. The van der Waals surface area contributed by atoms with E-state index in [1.54, 1.807) is 4.90 Å². The SMILES string of the molecule is O=C(O)C1CC(=O)N(Cc2ccc(OCc3ccccc3)cc2)C1. The first-order valence-electron chi connectivity index (χ1n) is 7.88. The molecule has 1 saturated heterocycles. The van der Waals surface area contributed by atoms with Crippen LogP contribution in [0.25, 0.3) is 0 Å². The van der Waals surface area contributed by atoms with Gasteiger partial charge in [0, 0.05) is 19.5 Å². The van der Waals surface area contributed by atoms with E-state index < -0.39 is 11.9 Å². The third-order valence-electron chi connectivity index (χ3n) is 4.11. The van der Waals surface area contributed by atoms with E-state index in [2.05, 4.69) is 0 Å². The predicted molar refractivity (Wildman–Crippen MR) is 88.4 cm³/mol. The summed E-state index contributed by atoms with van der Waals surface area (Å²) < 4.78 is 5.73. The maximum Gasteiger partial charge on any atom is 0.308 e. The Kier molecular flexibility index (Phi) is 4.79. The lowest BCUT2D eigenvalue weighted by Gasteiger charge is -2.16. The van der Waals surface area contributed by atoms with Gasteiger partial charge in [-0.1, -0.05) is 42.5 Å². The number of hydrogen-bond acceptors (Lipinski definition) is 3. The fourth-order valence-electron chi connectivity index (χ4n) is 2.74. The normalized spacial score (nSPS) is 17.1. The quantitative estimate of drug-likeness (QED) is 0.887. The van der Waals surface area contributed by atoms with Gasteiger partial charge in [0.05, 0.1) is 5.92 Å². The Hall–Kier alpha value is -2.82. The topological polar surface area (TPSA) is 66.8 Å². The van der Waals surface area contributed by atoms with E-state index >= 15 is 0 Å². The van der Waals surface area contributed by atoms with E-state index in [9.17, 15) is 9.59 Å². The van der Waals surface area contributed by atoms with Crippen LogP contribution in [0.15, 0.2) is 54.6 Å². The average Bonchev–Trinajstić information content (AvgIpc) is 2.96. The summed E-state index contributed by atoms with van der Waals surface area (Å²) in [5, 5.41) is 9.01. The molecule has 0 spiro atoms. The summed E-state index contributed by atoms with van der Waals surface area (Å²) in [6, 6.07) is 17.5. The van der Waals surface area contributed by atoms with Crippen LogP contribution in [0.4, 0.5) is 0 Å². The van der Waals surface area contributed by atoms with Gasteiger partial charge in [0.25, 0.3) is 0 Å². The van der Waals surface area contributed by atoms with Gasteiger partial charge in [0.15, 0.2) is 0 Å². The minimum Gasteiger partial charge on any atom is -0.489 e. The average molecular weight is 325 g/mol. The molecule has 0 bridgehead atoms. The molecule has 3 rings (SSSR count). The van der Waals surface area contributed by atoms with Gasteiger partial charge in [-0.2, -0.15) is 0 Å². The van der Waals surface area contributed by atoms with Crippen molar-refractivity contribution in [1.82, 2.24) is 4.90 Å². The molecule has 24 heavy (non-hydrogen) atoms. The lowest BCUT2D eigenvalue weighted by atomic mass is 10.1. The van der Waals surface area contributed by atoms with E-state index in [-0.39, 0.29) is 18.9 Å². The second-order valence-corrected chi connectivity index (χ2v) is 5.93. The minimum atomic E-state index is -0.907. The second-order valence-electron chi connectivity index (χ2n) is 5.93. The van der Waals surface area contributed by atoms with Gasteiger partial charge in [0.2, 0.25) is 5.91 Å². The molecule has 0 saturated carbocycles. The van der Waals surface area contributed by atoms with Gasteiger partial charge in [-0.3, -0.25) is 9.59 Å².